The number of unbranched alkanes of at least 4 members (excludes halogenated alkanes) is 1. The Morgan fingerprint density at radius 1 is 0.893 bits per heavy atom. The van der Waals surface area contributed by atoms with Crippen LogP contribution in [0.25, 0.3) is 0 Å². The highest BCUT2D eigenvalue weighted by molar-refractivity contribution is 7.99. The molecule has 0 bridgehead atoms. The molecule has 0 amide bonds. The minimum absolute atomic E-state index is 0.559. The summed E-state index contributed by atoms with van der Waals surface area (Å²) in [6.45, 7) is 2.28. The van der Waals surface area contributed by atoms with Crippen molar-refractivity contribution in [2.45, 2.75) is 68.4 Å². The van der Waals surface area contributed by atoms with E-state index in [1.165, 1.54) is 50.5 Å². The van der Waals surface area contributed by atoms with E-state index in [-0.39, 0.29) is 0 Å². The van der Waals surface area contributed by atoms with Crippen molar-refractivity contribution in [3.8, 4) is 11.8 Å². The zero-order valence-corrected chi connectivity index (χ0v) is 17.3. The number of alkyl halides is 2. The van der Waals surface area contributed by atoms with E-state index in [9.17, 15) is 8.78 Å². The molecule has 0 aromatic heterocycles. The van der Waals surface area contributed by atoms with E-state index in [1.807, 2.05) is 0 Å². The van der Waals surface area contributed by atoms with E-state index in [0.29, 0.717) is 22.6 Å². The summed E-state index contributed by atoms with van der Waals surface area (Å²) in [5.74, 6) is 5.54. The molecule has 1 fully saturated rings. The van der Waals surface area contributed by atoms with Crippen molar-refractivity contribution < 1.29 is 8.78 Å². The lowest BCUT2D eigenvalue weighted by Crippen LogP contribution is -2.13. The third-order valence-electron chi connectivity index (χ3n) is 5.63. The summed E-state index contributed by atoms with van der Waals surface area (Å²) < 4.78 is 24.7. The fourth-order valence-corrected chi connectivity index (χ4v) is 4.48. The fraction of sp³-hybridized carbons (Fsp3) is 0.440. The smallest absolute Gasteiger partial charge is 0.198 e. The van der Waals surface area contributed by atoms with Gasteiger partial charge in [-0.3, -0.25) is 0 Å². The first-order chi connectivity index (χ1) is 13.6. The molecular formula is C25H28F2S. The van der Waals surface area contributed by atoms with Gasteiger partial charge in [0, 0.05) is 16.0 Å². The lowest BCUT2D eigenvalue weighted by molar-refractivity contribution is 0.252. The molecule has 0 N–H and O–H groups in total. The average Bonchev–Trinajstić information content (AvgIpc) is 2.72. The molecule has 0 radical (unpaired) electrons. The molecule has 1 aliphatic rings. The summed E-state index contributed by atoms with van der Waals surface area (Å²) in [5.41, 5.74) is 3.27. The van der Waals surface area contributed by atoms with Crippen LogP contribution in [-0.2, 0) is 0 Å². The Hall–Kier alpha value is -1.79. The predicted octanol–water partition coefficient (Wildman–Crippen LogP) is 7.87. The molecule has 0 atom stereocenters. The maximum Gasteiger partial charge on any atom is 0.288 e. The average molecular weight is 399 g/mol. The number of rotatable bonds is 6. The van der Waals surface area contributed by atoms with Gasteiger partial charge in [-0.05, 0) is 79.5 Å². The minimum atomic E-state index is -2.39. The van der Waals surface area contributed by atoms with E-state index < -0.39 is 5.76 Å². The second-order valence-corrected chi connectivity index (χ2v) is 8.70. The lowest BCUT2D eigenvalue weighted by atomic mass is 9.77. The van der Waals surface area contributed by atoms with Gasteiger partial charge in [0.05, 0.1) is 0 Å². The van der Waals surface area contributed by atoms with Crippen molar-refractivity contribution in [3.05, 3.63) is 65.2 Å². The Bertz CT molecular complexity index is 776. The highest BCUT2D eigenvalue weighted by Gasteiger charge is 2.21. The molecule has 148 valence electrons. The van der Waals surface area contributed by atoms with Crippen LogP contribution >= 0.6 is 11.8 Å². The maximum atomic E-state index is 12.4. The second-order valence-electron chi connectivity index (χ2n) is 7.63. The first-order valence-corrected chi connectivity index (χ1v) is 11.2. The molecule has 0 saturated heterocycles. The topological polar surface area (TPSA) is 0 Å². The van der Waals surface area contributed by atoms with Gasteiger partial charge in [0.15, 0.2) is 0 Å². The van der Waals surface area contributed by atoms with E-state index in [2.05, 4.69) is 43.0 Å². The molecular weight excluding hydrogens is 370 g/mol. The Balaban J connectivity index is 1.55. The summed E-state index contributed by atoms with van der Waals surface area (Å²) in [6, 6.07) is 15.6. The summed E-state index contributed by atoms with van der Waals surface area (Å²) in [4.78, 5) is 0.564. The van der Waals surface area contributed by atoms with Crippen LogP contribution in [0.5, 0.6) is 0 Å². The lowest BCUT2D eigenvalue weighted by Gasteiger charge is -2.28. The molecule has 0 aliphatic heterocycles. The van der Waals surface area contributed by atoms with Gasteiger partial charge < -0.3 is 0 Å². The Morgan fingerprint density at radius 3 is 2.00 bits per heavy atom. The summed E-state index contributed by atoms with van der Waals surface area (Å²) >= 11 is 0.559. The predicted molar refractivity (Wildman–Crippen MR) is 115 cm³/mol. The molecule has 3 heteroatoms. The summed E-state index contributed by atoms with van der Waals surface area (Å²) in [7, 11) is 0. The third kappa shape index (κ3) is 6.38. The maximum absolute atomic E-state index is 12.4. The fourth-order valence-electron chi connectivity index (χ4n) is 3.98. The van der Waals surface area contributed by atoms with Crippen molar-refractivity contribution >= 4 is 11.8 Å². The van der Waals surface area contributed by atoms with Crippen LogP contribution < -0.4 is 0 Å². The van der Waals surface area contributed by atoms with Crippen molar-refractivity contribution in [2.75, 3.05) is 0 Å². The van der Waals surface area contributed by atoms with Crippen LogP contribution in [0.3, 0.4) is 0 Å². The molecule has 2 aromatic rings. The molecule has 2 aromatic carbocycles. The van der Waals surface area contributed by atoms with Gasteiger partial charge in [-0.25, -0.2) is 0 Å². The van der Waals surface area contributed by atoms with Gasteiger partial charge >= 0.3 is 0 Å². The quantitative estimate of drug-likeness (QED) is 0.352. The molecule has 0 unspecified atom stereocenters. The highest BCUT2D eigenvalue weighted by Crippen LogP contribution is 2.37. The SMILES string of the molecule is CCCC[C@H]1CC[C@H](c2ccc(C#Cc3ccc(SC(F)F)cc3)cc2)CC1. The molecule has 3 rings (SSSR count). The largest absolute Gasteiger partial charge is 0.288 e. The second kappa shape index (κ2) is 10.7. The van der Waals surface area contributed by atoms with Crippen molar-refractivity contribution in [3.63, 3.8) is 0 Å². The van der Waals surface area contributed by atoms with Gasteiger partial charge in [-0.2, -0.15) is 8.78 Å². The Labute approximate surface area is 172 Å². The highest BCUT2D eigenvalue weighted by atomic mass is 32.2. The molecule has 1 saturated carbocycles. The van der Waals surface area contributed by atoms with Gasteiger partial charge in [0.2, 0.25) is 0 Å². The number of hydrogen-bond donors (Lipinski definition) is 0. The van der Waals surface area contributed by atoms with Crippen molar-refractivity contribution in [1.82, 2.24) is 0 Å². The molecule has 0 spiro atoms. The molecule has 0 nitrogen and oxygen atoms in total. The van der Waals surface area contributed by atoms with Crippen LogP contribution in [0.1, 0.15) is 74.5 Å². The summed E-state index contributed by atoms with van der Waals surface area (Å²) in [5, 5.41) is 0. The van der Waals surface area contributed by atoms with Gasteiger partial charge in [0.25, 0.3) is 5.76 Å². The summed E-state index contributed by atoms with van der Waals surface area (Å²) in [6.07, 6.45) is 9.43. The van der Waals surface area contributed by atoms with E-state index in [4.69, 9.17) is 0 Å². The van der Waals surface area contributed by atoms with Crippen LogP contribution in [-0.4, -0.2) is 5.76 Å². The Kier molecular flexibility index (Phi) is 7.98. The van der Waals surface area contributed by atoms with Gasteiger partial charge in [-0.1, -0.05) is 61.9 Å². The van der Waals surface area contributed by atoms with Crippen LogP contribution in [0, 0.1) is 17.8 Å². The third-order valence-corrected chi connectivity index (χ3v) is 6.35. The van der Waals surface area contributed by atoms with E-state index >= 15 is 0 Å². The van der Waals surface area contributed by atoms with Crippen LogP contribution in [0.2, 0.25) is 0 Å². The number of hydrogen-bond acceptors (Lipinski definition) is 1. The van der Waals surface area contributed by atoms with Gasteiger partial charge in [-0.15, -0.1) is 0 Å². The number of halogens is 2. The Morgan fingerprint density at radius 2 is 1.46 bits per heavy atom. The monoisotopic (exact) mass is 398 g/mol. The number of thioether (sulfide) groups is 1. The van der Waals surface area contributed by atoms with Crippen molar-refractivity contribution in [2.24, 2.45) is 5.92 Å². The van der Waals surface area contributed by atoms with E-state index in [1.54, 1.807) is 24.3 Å². The first kappa shape index (κ1) is 20.9. The zero-order valence-electron chi connectivity index (χ0n) is 16.5. The molecule has 28 heavy (non-hydrogen) atoms. The molecule has 0 heterocycles. The van der Waals surface area contributed by atoms with Crippen LogP contribution in [0.15, 0.2) is 53.4 Å². The normalized spacial score (nSPS) is 19.3. The minimum Gasteiger partial charge on any atom is -0.198 e. The number of benzene rings is 2. The zero-order chi connectivity index (χ0) is 19.8. The van der Waals surface area contributed by atoms with E-state index in [0.717, 1.165) is 17.0 Å². The van der Waals surface area contributed by atoms with Crippen molar-refractivity contribution in [1.29, 1.82) is 0 Å². The first-order valence-electron chi connectivity index (χ1n) is 10.3. The molecule has 1 aliphatic carbocycles. The van der Waals surface area contributed by atoms with Crippen LogP contribution in [0.4, 0.5) is 8.78 Å². The van der Waals surface area contributed by atoms with Gasteiger partial charge in [0.1, 0.15) is 0 Å². The standard InChI is InChI=1S/C25H28F2S/c1-2-3-4-19-7-13-22(14-8-19)23-15-9-20(10-16-23)5-6-21-11-17-24(18-12-21)28-25(26)27/h9-12,15-19,22,25H,2-4,7-8,13-14H2,1H3/t19-,22-.